The van der Waals surface area contributed by atoms with Crippen LogP contribution in [0.2, 0.25) is 0 Å². The molecule has 3 nitrogen and oxygen atoms in total. The van der Waals surface area contributed by atoms with Crippen molar-refractivity contribution in [2.24, 2.45) is 0 Å². The Kier molecular flexibility index (Phi) is 3.88. The summed E-state index contributed by atoms with van der Waals surface area (Å²) in [6.45, 7) is 4.00. The fourth-order valence-electron chi connectivity index (χ4n) is 0.512. The van der Waals surface area contributed by atoms with Gasteiger partial charge in [0.15, 0.2) is 11.5 Å². The lowest BCUT2D eigenvalue weighted by Crippen LogP contribution is -1.66. The molecule has 0 radical (unpaired) electrons. The normalized spacial score (nSPS) is 8.18. The second kappa shape index (κ2) is 4.44. The van der Waals surface area contributed by atoms with Crippen molar-refractivity contribution in [1.82, 2.24) is 0 Å². The largest absolute Gasteiger partial charge is 0.508 e. The van der Waals surface area contributed by atoms with E-state index in [4.69, 9.17) is 15.3 Å². The van der Waals surface area contributed by atoms with Crippen molar-refractivity contribution in [2.75, 3.05) is 0 Å². The van der Waals surface area contributed by atoms with Crippen molar-refractivity contribution in [3.63, 3.8) is 0 Å². The average Bonchev–Trinajstić information content (AvgIpc) is 2.02. The van der Waals surface area contributed by atoms with Crippen LogP contribution in [0, 0.1) is 0 Å². The minimum absolute atomic E-state index is 0.0645. The molecule has 0 unspecified atom stereocenters. The molecule has 62 valence electrons. The van der Waals surface area contributed by atoms with Crippen molar-refractivity contribution in [1.29, 1.82) is 0 Å². The number of phenols is 3. The van der Waals surface area contributed by atoms with Gasteiger partial charge in [-0.2, -0.15) is 0 Å². The Bertz CT molecular complexity index is 221. The van der Waals surface area contributed by atoms with Crippen molar-refractivity contribution in [3.05, 3.63) is 18.2 Å². The highest BCUT2D eigenvalue weighted by molar-refractivity contribution is 5.42. The van der Waals surface area contributed by atoms with Gasteiger partial charge in [0.25, 0.3) is 0 Å². The molecule has 0 aliphatic heterocycles. The van der Waals surface area contributed by atoms with E-state index in [9.17, 15) is 0 Å². The summed E-state index contributed by atoms with van der Waals surface area (Å²) in [4.78, 5) is 0. The molecule has 0 atom stereocenters. The lowest BCUT2D eigenvalue weighted by Gasteiger charge is -1.95. The van der Waals surface area contributed by atoms with Crippen LogP contribution < -0.4 is 0 Å². The Morgan fingerprint density at radius 2 is 1.45 bits per heavy atom. The van der Waals surface area contributed by atoms with E-state index >= 15 is 0 Å². The number of benzene rings is 1. The Balaban J connectivity index is 0.000000461. The van der Waals surface area contributed by atoms with Crippen LogP contribution in [0.3, 0.4) is 0 Å². The maximum atomic E-state index is 8.69. The van der Waals surface area contributed by atoms with Crippen LogP contribution in [0.5, 0.6) is 17.2 Å². The molecule has 11 heavy (non-hydrogen) atoms. The van der Waals surface area contributed by atoms with E-state index in [2.05, 4.69) is 0 Å². The summed E-state index contributed by atoms with van der Waals surface area (Å²) in [7, 11) is 0. The second-order valence-electron chi connectivity index (χ2n) is 1.67. The van der Waals surface area contributed by atoms with Gasteiger partial charge in [0.1, 0.15) is 5.75 Å². The van der Waals surface area contributed by atoms with Crippen LogP contribution in [0.15, 0.2) is 18.2 Å². The van der Waals surface area contributed by atoms with E-state index < -0.39 is 0 Å². The molecule has 1 aromatic rings. The maximum absolute atomic E-state index is 8.69. The van der Waals surface area contributed by atoms with E-state index in [0.717, 1.165) is 6.07 Å². The molecular formula is C8H12O3. The van der Waals surface area contributed by atoms with Gasteiger partial charge in [-0.25, -0.2) is 0 Å². The van der Waals surface area contributed by atoms with E-state index in [-0.39, 0.29) is 17.2 Å². The van der Waals surface area contributed by atoms with E-state index in [1.807, 2.05) is 13.8 Å². The Hall–Kier alpha value is -1.38. The number of rotatable bonds is 0. The standard InChI is InChI=1S/C6H6O3.C2H6/c7-4-1-2-5(8)6(9)3-4;1-2/h1-3,7-9H;1-2H3. The molecule has 0 aliphatic carbocycles. The van der Waals surface area contributed by atoms with Gasteiger partial charge in [-0.15, -0.1) is 0 Å². The van der Waals surface area contributed by atoms with Crippen LogP contribution >= 0.6 is 0 Å². The van der Waals surface area contributed by atoms with Crippen LogP contribution in [-0.2, 0) is 0 Å². The van der Waals surface area contributed by atoms with Crippen LogP contribution in [0.1, 0.15) is 13.8 Å². The van der Waals surface area contributed by atoms with Crippen LogP contribution in [-0.4, -0.2) is 15.3 Å². The molecule has 0 heterocycles. The summed E-state index contributed by atoms with van der Waals surface area (Å²) in [5, 5.41) is 26.0. The quantitative estimate of drug-likeness (QED) is 0.396. The fourth-order valence-corrected chi connectivity index (χ4v) is 0.512. The number of hydrogen-bond acceptors (Lipinski definition) is 3. The molecule has 3 heteroatoms. The molecule has 0 saturated heterocycles. The summed E-state index contributed by atoms with van der Waals surface area (Å²) in [5.74, 6) is -0.604. The first kappa shape index (κ1) is 9.62. The second-order valence-corrected chi connectivity index (χ2v) is 1.67. The Morgan fingerprint density at radius 3 is 1.82 bits per heavy atom. The van der Waals surface area contributed by atoms with E-state index in [1.165, 1.54) is 12.1 Å². The molecule has 3 N–H and O–H groups in total. The summed E-state index contributed by atoms with van der Waals surface area (Å²) >= 11 is 0. The topological polar surface area (TPSA) is 60.7 Å². The zero-order valence-corrected chi connectivity index (χ0v) is 6.57. The summed E-state index contributed by atoms with van der Waals surface area (Å²) in [5.41, 5.74) is 0. The monoisotopic (exact) mass is 156 g/mol. The summed E-state index contributed by atoms with van der Waals surface area (Å²) < 4.78 is 0. The third kappa shape index (κ3) is 2.80. The molecule has 0 amide bonds. The predicted molar refractivity (Wildman–Crippen MR) is 42.8 cm³/mol. The third-order valence-corrected chi connectivity index (χ3v) is 0.959. The van der Waals surface area contributed by atoms with Crippen molar-refractivity contribution in [3.8, 4) is 17.2 Å². The number of phenolic OH excluding ortho intramolecular Hbond substituents is 3. The first-order valence-electron chi connectivity index (χ1n) is 3.41. The molecular weight excluding hydrogens is 144 g/mol. The lowest BCUT2D eigenvalue weighted by atomic mass is 10.3. The van der Waals surface area contributed by atoms with Crippen LogP contribution in [0.4, 0.5) is 0 Å². The zero-order valence-electron chi connectivity index (χ0n) is 6.57. The molecule has 0 bridgehead atoms. The Morgan fingerprint density at radius 1 is 0.909 bits per heavy atom. The molecule has 1 aromatic carbocycles. The molecule has 0 spiro atoms. The predicted octanol–water partition coefficient (Wildman–Crippen LogP) is 1.83. The zero-order chi connectivity index (χ0) is 8.85. The first-order chi connectivity index (χ1) is 5.20. The average molecular weight is 156 g/mol. The van der Waals surface area contributed by atoms with Gasteiger partial charge in [-0.05, 0) is 12.1 Å². The minimum Gasteiger partial charge on any atom is -0.508 e. The molecule has 0 saturated carbocycles. The highest BCUT2D eigenvalue weighted by Gasteiger charge is 1.96. The summed E-state index contributed by atoms with van der Waals surface area (Å²) in [6, 6.07) is 3.56. The Labute approximate surface area is 65.5 Å². The molecule has 0 aliphatic rings. The number of aromatic hydroxyl groups is 3. The van der Waals surface area contributed by atoms with Gasteiger partial charge in [-0.1, -0.05) is 13.8 Å². The van der Waals surface area contributed by atoms with E-state index in [1.54, 1.807) is 0 Å². The fraction of sp³-hybridized carbons (Fsp3) is 0.250. The number of hydrogen-bond donors (Lipinski definition) is 3. The van der Waals surface area contributed by atoms with Crippen molar-refractivity contribution >= 4 is 0 Å². The highest BCUT2D eigenvalue weighted by atomic mass is 16.3. The summed E-state index contributed by atoms with van der Waals surface area (Å²) in [6.07, 6.45) is 0. The van der Waals surface area contributed by atoms with Gasteiger partial charge in [0.05, 0.1) is 0 Å². The first-order valence-corrected chi connectivity index (χ1v) is 3.41. The van der Waals surface area contributed by atoms with Gasteiger partial charge >= 0.3 is 0 Å². The lowest BCUT2D eigenvalue weighted by molar-refractivity contribution is 0.396. The van der Waals surface area contributed by atoms with Crippen LogP contribution in [0.25, 0.3) is 0 Å². The van der Waals surface area contributed by atoms with Gasteiger partial charge in [-0.3, -0.25) is 0 Å². The smallest absolute Gasteiger partial charge is 0.161 e. The maximum Gasteiger partial charge on any atom is 0.161 e. The molecule has 0 fully saturated rings. The van der Waals surface area contributed by atoms with Crippen molar-refractivity contribution in [2.45, 2.75) is 13.8 Å². The van der Waals surface area contributed by atoms with E-state index in [0.29, 0.717) is 0 Å². The van der Waals surface area contributed by atoms with Gasteiger partial charge in [0.2, 0.25) is 0 Å². The van der Waals surface area contributed by atoms with Crippen molar-refractivity contribution < 1.29 is 15.3 Å². The third-order valence-electron chi connectivity index (χ3n) is 0.959. The SMILES string of the molecule is CC.Oc1ccc(O)c(O)c1. The van der Waals surface area contributed by atoms with Gasteiger partial charge in [0, 0.05) is 6.07 Å². The minimum atomic E-state index is -0.310. The highest BCUT2D eigenvalue weighted by Crippen LogP contribution is 2.27. The molecule has 0 aromatic heterocycles. The van der Waals surface area contributed by atoms with Gasteiger partial charge < -0.3 is 15.3 Å². The molecule has 1 rings (SSSR count).